The van der Waals surface area contributed by atoms with Gasteiger partial charge in [-0.1, -0.05) is 25.4 Å². The van der Waals surface area contributed by atoms with Crippen LogP contribution < -0.4 is 10.7 Å². The number of hydrogen-bond acceptors (Lipinski definition) is 2. The van der Waals surface area contributed by atoms with E-state index in [4.69, 9.17) is 11.6 Å². The standard InChI is InChI=1S/C16H19ClN2O2/c1-4-19-9-13(16(21)18-8-10(2)3)15(20)12-7-11(17)5-6-14(12)19/h5-7,9-10H,4,8H2,1-3H3,(H,18,21). The maximum Gasteiger partial charge on any atom is 0.256 e. The third kappa shape index (κ3) is 3.27. The molecular formula is C16H19ClN2O2. The smallest absolute Gasteiger partial charge is 0.256 e. The summed E-state index contributed by atoms with van der Waals surface area (Å²) in [4.78, 5) is 24.7. The first-order chi connectivity index (χ1) is 9.93. The van der Waals surface area contributed by atoms with E-state index >= 15 is 0 Å². The van der Waals surface area contributed by atoms with E-state index in [0.29, 0.717) is 29.4 Å². The highest BCUT2D eigenvalue weighted by molar-refractivity contribution is 6.31. The van der Waals surface area contributed by atoms with Crippen LogP contribution in [-0.2, 0) is 6.54 Å². The summed E-state index contributed by atoms with van der Waals surface area (Å²) >= 11 is 5.97. The summed E-state index contributed by atoms with van der Waals surface area (Å²) < 4.78 is 1.89. The second-order valence-electron chi connectivity index (χ2n) is 5.42. The Hall–Kier alpha value is -1.81. The Morgan fingerprint density at radius 2 is 2.10 bits per heavy atom. The van der Waals surface area contributed by atoms with Crippen LogP contribution in [0.25, 0.3) is 10.9 Å². The third-order valence-corrected chi connectivity index (χ3v) is 3.53. The molecule has 5 heteroatoms. The number of aryl methyl sites for hydroxylation is 1. The number of hydrogen-bond donors (Lipinski definition) is 1. The molecular weight excluding hydrogens is 288 g/mol. The molecule has 0 aliphatic heterocycles. The molecule has 0 unspecified atom stereocenters. The van der Waals surface area contributed by atoms with E-state index in [9.17, 15) is 9.59 Å². The van der Waals surface area contributed by atoms with E-state index in [1.54, 1.807) is 24.4 Å². The molecule has 1 heterocycles. The highest BCUT2D eigenvalue weighted by atomic mass is 35.5. The molecule has 1 amide bonds. The van der Waals surface area contributed by atoms with Gasteiger partial charge in [0.05, 0.1) is 5.52 Å². The Morgan fingerprint density at radius 1 is 1.38 bits per heavy atom. The SMILES string of the molecule is CCn1cc(C(=O)NCC(C)C)c(=O)c2cc(Cl)ccc21. The van der Waals surface area contributed by atoms with Gasteiger partial charge in [0.25, 0.3) is 5.91 Å². The number of pyridine rings is 1. The summed E-state index contributed by atoms with van der Waals surface area (Å²) in [6, 6.07) is 5.16. The van der Waals surface area contributed by atoms with Gasteiger partial charge in [-0.25, -0.2) is 0 Å². The van der Waals surface area contributed by atoms with Gasteiger partial charge in [-0.15, -0.1) is 0 Å². The topological polar surface area (TPSA) is 51.1 Å². The lowest BCUT2D eigenvalue weighted by atomic mass is 10.1. The number of amides is 1. The van der Waals surface area contributed by atoms with Crippen LogP contribution in [0.5, 0.6) is 0 Å². The Morgan fingerprint density at radius 3 is 2.71 bits per heavy atom. The molecule has 0 radical (unpaired) electrons. The number of halogens is 1. The van der Waals surface area contributed by atoms with E-state index in [0.717, 1.165) is 5.52 Å². The van der Waals surface area contributed by atoms with Crippen LogP contribution in [0.2, 0.25) is 5.02 Å². The lowest BCUT2D eigenvalue weighted by Crippen LogP contribution is -2.32. The first-order valence-electron chi connectivity index (χ1n) is 7.05. The highest BCUT2D eigenvalue weighted by Crippen LogP contribution is 2.17. The van der Waals surface area contributed by atoms with Crippen molar-refractivity contribution in [3.05, 3.63) is 45.2 Å². The normalized spacial score (nSPS) is 11.1. The van der Waals surface area contributed by atoms with Crippen molar-refractivity contribution >= 4 is 28.4 Å². The predicted octanol–water partition coefficient (Wildman–Crippen LogP) is 3.06. The van der Waals surface area contributed by atoms with Crippen molar-refractivity contribution < 1.29 is 4.79 Å². The second-order valence-corrected chi connectivity index (χ2v) is 5.86. The summed E-state index contributed by atoms with van der Waals surface area (Å²) in [7, 11) is 0. The molecule has 4 nitrogen and oxygen atoms in total. The summed E-state index contributed by atoms with van der Waals surface area (Å²) in [5, 5.41) is 3.75. The number of aromatic nitrogens is 1. The van der Waals surface area contributed by atoms with Gasteiger partial charge < -0.3 is 9.88 Å². The summed E-state index contributed by atoms with van der Waals surface area (Å²) in [5.41, 5.74) is 0.665. The van der Waals surface area contributed by atoms with Gasteiger partial charge >= 0.3 is 0 Å². The molecule has 0 aliphatic carbocycles. The van der Waals surface area contributed by atoms with E-state index in [1.165, 1.54) is 0 Å². The minimum Gasteiger partial charge on any atom is -0.352 e. The number of nitrogens with zero attached hydrogens (tertiary/aromatic N) is 1. The number of rotatable bonds is 4. The molecule has 0 fully saturated rings. The zero-order chi connectivity index (χ0) is 15.6. The summed E-state index contributed by atoms with van der Waals surface area (Å²) in [6.45, 7) is 7.19. The van der Waals surface area contributed by atoms with Crippen LogP contribution in [-0.4, -0.2) is 17.0 Å². The fourth-order valence-electron chi connectivity index (χ4n) is 2.19. The van der Waals surface area contributed by atoms with Gasteiger partial charge in [-0.2, -0.15) is 0 Å². The molecule has 1 aromatic carbocycles. The van der Waals surface area contributed by atoms with E-state index < -0.39 is 0 Å². The lowest BCUT2D eigenvalue weighted by molar-refractivity contribution is 0.0947. The Balaban J connectivity index is 2.57. The van der Waals surface area contributed by atoms with Gasteiger partial charge in [0.1, 0.15) is 5.56 Å². The number of nitrogens with one attached hydrogen (secondary N) is 1. The van der Waals surface area contributed by atoms with Crippen LogP contribution in [0.15, 0.2) is 29.2 Å². The second kappa shape index (κ2) is 6.31. The Kier molecular flexibility index (Phi) is 4.68. The monoisotopic (exact) mass is 306 g/mol. The van der Waals surface area contributed by atoms with Crippen molar-refractivity contribution in [1.29, 1.82) is 0 Å². The van der Waals surface area contributed by atoms with Crippen LogP contribution in [0.4, 0.5) is 0 Å². The molecule has 112 valence electrons. The maximum atomic E-state index is 12.5. The maximum absolute atomic E-state index is 12.5. The molecule has 2 aromatic rings. The first kappa shape index (κ1) is 15.6. The van der Waals surface area contributed by atoms with Gasteiger partial charge in [0, 0.05) is 29.7 Å². The average molecular weight is 307 g/mol. The molecule has 0 atom stereocenters. The zero-order valence-electron chi connectivity index (χ0n) is 12.4. The number of carbonyl (C=O) groups excluding carboxylic acids is 1. The predicted molar refractivity (Wildman–Crippen MR) is 86.1 cm³/mol. The van der Waals surface area contributed by atoms with Crippen LogP contribution in [0, 0.1) is 5.92 Å². The molecule has 1 aromatic heterocycles. The Labute approximate surface area is 128 Å². The number of fused-ring (bicyclic) bond motifs is 1. The fourth-order valence-corrected chi connectivity index (χ4v) is 2.36. The quantitative estimate of drug-likeness (QED) is 0.944. The first-order valence-corrected chi connectivity index (χ1v) is 7.42. The molecule has 0 saturated carbocycles. The van der Waals surface area contributed by atoms with E-state index in [1.807, 2.05) is 25.3 Å². The van der Waals surface area contributed by atoms with Crippen molar-refractivity contribution in [2.75, 3.05) is 6.54 Å². The van der Waals surface area contributed by atoms with Crippen LogP contribution in [0.3, 0.4) is 0 Å². The number of benzene rings is 1. The largest absolute Gasteiger partial charge is 0.352 e. The summed E-state index contributed by atoms with van der Waals surface area (Å²) in [6.07, 6.45) is 1.62. The molecule has 0 saturated heterocycles. The molecule has 2 rings (SSSR count). The highest BCUT2D eigenvalue weighted by Gasteiger charge is 2.15. The minimum absolute atomic E-state index is 0.160. The van der Waals surface area contributed by atoms with Gasteiger partial charge in [-0.05, 0) is 31.0 Å². The van der Waals surface area contributed by atoms with Crippen molar-refractivity contribution in [3.63, 3.8) is 0 Å². The van der Waals surface area contributed by atoms with E-state index in [2.05, 4.69) is 5.32 Å². The minimum atomic E-state index is -0.335. The lowest BCUT2D eigenvalue weighted by Gasteiger charge is -2.12. The van der Waals surface area contributed by atoms with Crippen molar-refractivity contribution in [2.45, 2.75) is 27.3 Å². The molecule has 21 heavy (non-hydrogen) atoms. The third-order valence-electron chi connectivity index (χ3n) is 3.30. The van der Waals surface area contributed by atoms with Crippen molar-refractivity contribution in [1.82, 2.24) is 9.88 Å². The van der Waals surface area contributed by atoms with Crippen LogP contribution >= 0.6 is 11.6 Å². The van der Waals surface area contributed by atoms with Gasteiger partial charge in [0.15, 0.2) is 0 Å². The van der Waals surface area contributed by atoms with Gasteiger partial charge in [0.2, 0.25) is 5.43 Å². The molecule has 1 N–H and O–H groups in total. The zero-order valence-corrected chi connectivity index (χ0v) is 13.2. The van der Waals surface area contributed by atoms with E-state index in [-0.39, 0.29) is 16.9 Å². The molecule has 0 aliphatic rings. The average Bonchev–Trinajstić information content (AvgIpc) is 2.45. The molecule has 0 spiro atoms. The number of carbonyl (C=O) groups is 1. The van der Waals surface area contributed by atoms with Gasteiger partial charge in [-0.3, -0.25) is 9.59 Å². The fraction of sp³-hybridized carbons (Fsp3) is 0.375. The van der Waals surface area contributed by atoms with Crippen LogP contribution in [0.1, 0.15) is 31.1 Å². The van der Waals surface area contributed by atoms with Crippen molar-refractivity contribution in [3.8, 4) is 0 Å². The summed E-state index contributed by atoms with van der Waals surface area (Å²) in [5.74, 6) is -0.00460. The van der Waals surface area contributed by atoms with Crippen molar-refractivity contribution in [2.24, 2.45) is 5.92 Å². The Bertz CT molecular complexity index is 735. The molecule has 0 bridgehead atoms.